The molecule has 0 aromatic heterocycles. The number of alkyl carbamates (subject to hydrolysis) is 1. The molecule has 0 radical (unpaired) electrons. The maximum absolute atomic E-state index is 13.6. The van der Waals surface area contributed by atoms with Gasteiger partial charge in [0.15, 0.2) is 5.96 Å². The van der Waals surface area contributed by atoms with Crippen molar-refractivity contribution >= 4 is 30.2 Å². The van der Waals surface area contributed by atoms with Crippen LogP contribution in [0.3, 0.4) is 0 Å². The van der Waals surface area contributed by atoms with Crippen LogP contribution >= 0.6 is 0 Å². The summed E-state index contributed by atoms with van der Waals surface area (Å²) in [5, 5.41) is 5.49. The smallest absolute Gasteiger partial charge is 0.407 e. The Balaban J connectivity index is 2.03. The van der Waals surface area contributed by atoms with Gasteiger partial charge in [-0.25, -0.2) is 4.79 Å². The molecule has 1 saturated heterocycles. The number of hydrogen-bond acceptors (Lipinski definition) is 6. The lowest BCUT2D eigenvalue weighted by Gasteiger charge is -2.30. The predicted molar refractivity (Wildman–Crippen MR) is 132 cm³/mol. The van der Waals surface area contributed by atoms with Crippen LogP contribution in [0.4, 0.5) is 4.79 Å². The van der Waals surface area contributed by atoms with E-state index in [0.717, 1.165) is 25.7 Å². The van der Waals surface area contributed by atoms with Crippen LogP contribution in [-0.2, 0) is 19.1 Å². The molecule has 1 aliphatic carbocycles. The van der Waals surface area contributed by atoms with Gasteiger partial charge in [0.25, 0.3) is 0 Å². The van der Waals surface area contributed by atoms with Gasteiger partial charge in [-0.2, -0.15) is 0 Å². The first kappa shape index (κ1) is 28.4. The second-order valence-corrected chi connectivity index (χ2v) is 9.40. The van der Waals surface area contributed by atoms with E-state index in [1.807, 2.05) is 0 Å². The lowest BCUT2D eigenvalue weighted by atomic mass is 9.92. The summed E-state index contributed by atoms with van der Waals surface area (Å²) in [6.45, 7) is 2.71. The highest BCUT2D eigenvalue weighted by Gasteiger charge is 2.39. The summed E-state index contributed by atoms with van der Waals surface area (Å²) in [6, 6.07) is -2.11. The molecule has 2 fully saturated rings. The summed E-state index contributed by atoms with van der Waals surface area (Å²) < 4.78 is 5.04. The van der Waals surface area contributed by atoms with Gasteiger partial charge in [-0.3, -0.25) is 14.6 Å². The number of carbonyl (C=O) groups excluding carboxylic acids is 4. The topological polar surface area (TPSA) is 169 Å². The van der Waals surface area contributed by atoms with Crippen LogP contribution < -0.4 is 22.1 Å². The van der Waals surface area contributed by atoms with Crippen LogP contribution in [0.1, 0.15) is 77.6 Å². The van der Waals surface area contributed by atoms with Crippen molar-refractivity contribution in [1.29, 1.82) is 0 Å². The Labute approximate surface area is 207 Å². The average Bonchev–Trinajstić information content (AvgIpc) is 3.18. The fraction of sp³-hybridized carbons (Fsp3) is 0.792. The summed E-state index contributed by atoms with van der Waals surface area (Å²) >= 11 is 0. The minimum Gasteiger partial charge on any atom is -0.450 e. The van der Waals surface area contributed by atoms with Crippen molar-refractivity contribution in [2.45, 2.75) is 95.7 Å². The molecule has 11 nitrogen and oxygen atoms in total. The fourth-order valence-electron chi connectivity index (χ4n) is 4.95. The van der Waals surface area contributed by atoms with E-state index in [0.29, 0.717) is 57.4 Å². The number of aliphatic imine (C=N–C) groups is 1. The van der Waals surface area contributed by atoms with Crippen molar-refractivity contribution in [1.82, 2.24) is 15.5 Å². The molecular formula is C24H42N6O5. The molecule has 0 bridgehead atoms. The number of nitrogens with one attached hydrogen (secondary N) is 2. The van der Waals surface area contributed by atoms with E-state index in [2.05, 4.69) is 15.6 Å². The molecule has 2 aliphatic rings. The molecule has 35 heavy (non-hydrogen) atoms. The SMILES string of the molecule is CCOC(=O)N[C@H](CC1CCCCCC1)C(=O)N1CCC[C@H]1C(=O)N[C@H](C=O)CCCN=C(N)N. The predicted octanol–water partition coefficient (Wildman–Crippen LogP) is 1.19. The van der Waals surface area contributed by atoms with Gasteiger partial charge >= 0.3 is 6.09 Å². The molecule has 11 heteroatoms. The lowest BCUT2D eigenvalue weighted by molar-refractivity contribution is -0.140. The monoisotopic (exact) mass is 494 g/mol. The van der Waals surface area contributed by atoms with E-state index in [1.165, 1.54) is 12.8 Å². The second-order valence-electron chi connectivity index (χ2n) is 9.40. The van der Waals surface area contributed by atoms with Crippen LogP contribution in [0.25, 0.3) is 0 Å². The third-order valence-electron chi connectivity index (χ3n) is 6.71. The Kier molecular flexibility index (Phi) is 12.3. The number of guanidine groups is 1. The number of amides is 3. The fourth-order valence-corrected chi connectivity index (χ4v) is 4.95. The molecule has 1 saturated carbocycles. The lowest BCUT2D eigenvalue weighted by Crippen LogP contribution is -2.55. The van der Waals surface area contributed by atoms with Gasteiger partial charge in [-0.1, -0.05) is 38.5 Å². The highest BCUT2D eigenvalue weighted by atomic mass is 16.5. The van der Waals surface area contributed by atoms with Gasteiger partial charge in [0, 0.05) is 13.1 Å². The number of nitrogens with two attached hydrogens (primary N) is 2. The zero-order chi connectivity index (χ0) is 25.6. The van der Waals surface area contributed by atoms with Crippen molar-refractivity contribution < 1.29 is 23.9 Å². The van der Waals surface area contributed by atoms with E-state index in [-0.39, 0.29) is 24.4 Å². The van der Waals surface area contributed by atoms with Crippen LogP contribution in [0.5, 0.6) is 0 Å². The first-order valence-corrected chi connectivity index (χ1v) is 12.9. The Bertz CT molecular complexity index is 734. The molecule has 2 rings (SSSR count). The summed E-state index contributed by atoms with van der Waals surface area (Å²) in [6.07, 6.45) is 9.38. The zero-order valence-corrected chi connectivity index (χ0v) is 20.9. The zero-order valence-electron chi connectivity index (χ0n) is 20.9. The molecule has 0 unspecified atom stereocenters. The van der Waals surface area contributed by atoms with E-state index in [1.54, 1.807) is 11.8 Å². The Morgan fingerprint density at radius 3 is 2.43 bits per heavy atom. The summed E-state index contributed by atoms with van der Waals surface area (Å²) in [5.41, 5.74) is 10.6. The highest BCUT2D eigenvalue weighted by molar-refractivity contribution is 5.92. The van der Waals surface area contributed by atoms with E-state index in [9.17, 15) is 19.2 Å². The standard InChI is InChI=1S/C24H42N6O5/c1-2-35-24(34)29-19(15-17-9-5-3-4-6-10-17)22(33)30-14-8-12-20(30)21(32)28-18(16-31)11-7-13-27-23(25)26/h16-20H,2-15H2,1H3,(H,28,32)(H,29,34)(H4,25,26,27)/t18-,19+,20-/m0/s1. The molecule has 1 heterocycles. The Morgan fingerprint density at radius 1 is 1.09 bits per heavy atom. The molecule has 1 aliphatic heterocycles. The van der Waals surface area contributed by atoms with Crippen molar-refractivity contribution in [3.05, 3.63) is 0 Å². The molecule has 0 aromatic carbocycles. The van der Waals surface area contributed by atoms with Gasteiger partial charge < -0.3 is 36.5 Å². The van der Waals surface area contributed by atoms with Gasteiger partial charge in [0.05, 0.1) is 12.6 Å². The van der Waals surface area contributed by atoms with Crippen LogP contribution in [0.2, 0.25) is 0 Å². The first-order valence-electron chi connectivity index (χ1n) is 12.9. The number of nitrogens with zero attached hydrogens (tertiary/aromatic N) is 2. The average molecular weight is 495 g/mol. The van der Waals surface area contributed by atoms with Crippen LogP contribution in [0, 0.1) is 5.92 Å². The minimum atomic E-state index is -0.744. The van der Waals surface area contributed by atoms with Gasteiger partial charge in [-0.15, -0.1) is 0 Å². The summed E-state index contributed by atoms with van der Waals surface area (Å²) in [4.78, 5) is 55.7. The van der Waals surface area contributed by atoms with E-state index in [4.69, 9.17) is 16.2 Å². The Morgan fingerprint density at radius 2 is 1.80 bits per heavy atom. The second kappa shape index (κ2) is 15.2. The maximum atomic E-state index is 13.6. The third kappa shape index (κ3) is 9.73. The minimum absolute atomic E-state index is 0.0216. The molecule has 3 atom stereocenters. The maximum Gasteiger partial charge on any atom is 0.407 e. The van der Waals surface area contributed by atoms with Crippen molar-refractivity contribution in [3.8, 4) is 0 Å². The number of carbonyl (C=O) groups is 4. The summed E-state index contributed by atoms with van der Waals surface area (Å²) in [5.74, 6) is -0.311. The number of aldehydes is 1. The van der Waals surface area contributed by atoms with Crippen molar-refractivity contribution in [2.75, 3.05) is 19.7 Å². The molecular weight excluding hydrogens is 452 g/mol. The van der Waals surface area contributed by atoms with Crippen LogP contribution in [0.15, 0.2) is 4.99 Å². The first-order chi connectivity index (χ1) is 16.8. The quantitative estimate of drug-likeness (QED) is 0.104. The molecule has 0 spiro atoms. The Hall–Kier alpha value is -2.85. The van der Waals surface area contributed by atoms with Crippen molar-refractivity contribution in [3.63, 3.8) is 0 Å². The molecule has 198 valence electrons. The highest BCUT2D eigenvalue weighted by Crippen LogP contribution is 2.28. The number of likely N-dealkylation sites (tertiary alicyclic amines) is 1. The van der Waals surface area contributed by atoms with Gasteiger partial charge in [0.1, 0.15) is 18.4 Å². The molecule has 0 aromatic rings. The third-order valence-corrected chi connectivity index (χ3v) is 6.71. The summed E-state index contributed by atoms with van der Waals surface area (Å²) in [7, 11) is 0. The largest absolute Gasteiger partial charge is 0.450 e. The number of ether oxygens (including phenoxy) is 1. The molecule has 6 N–H and O–H groups in total. The number of hydrogen-bond donors (Lipinski definition) is 4. The van der Waals surface area contributed by atoms with E-state index >= 15 is 0 Å². The van der Waals surface area contributed by atoms with Gasteiger partial charge in [-0.05, 0) is 44.9 Å². The van der Waals surface area contributed by atoms with Crippen molar-refractivity contribution in [2.24, 2.45) is 22.4 Å². The van der Waals surface area contributed by atoms with E-state index < -0.39 is 24.2 Å². The molecule has 3 amide bonds. The van der Waals surface area contributed by atoms with Gasteiger partial charge in [0.2, 0.25) is 11.8 Å². The number of rotatable bonds is 12. The normalized spacial score (nSPS) is 20.3. The van der Waals surface area contributed by atoms with Crippen LogP contribution in [-0.4, -0.2) is 72.9 Å².